The Bertz CT molecular complexity index is 729. The molecule has 0 saturated heterocycles. The Hall–Kier alpha value is -2.76. The van der Waals surface area contributed by atoms with Crippen LogP contribution in [0.2, 0.25) is 0 Å². The first-order valence-corrected chi connectivity index (χ1v) is 6.21. The number of benzene rings is 2. The van der Waals surface area contributed by atoms with Gasteiger partial charge < -0.3 is 5.32 Å². The van der Waals surface area contributed by atoms with E-state index in [9.17, 15) is 19.3 Å². The van der Waals surface area contributed by atoms with Crippen LogP contribution < -0.4 is 5.32 Å². The molecule has 0 spiro atoms. The van der Waals surface area contributed by atoms with Crippen LogP contribution >= 0.6 is 0 Å². The van der Waals surface area contributed by atoms with E-state index in [0.717, 1.165) is 0 Å². The molecule has 0 aliphatic rings. The van der Waals surface area contributed by atoms with Gasteiger partial charge in [0.2, 0.25) is 0 Å². The molecule has 1 amide bonds. The van der Waals surface area contributed by atoms with Gasteiger partial charge in [-0.3, -0.25) is 14.9 Å². The average molecular weight is 288 g/mol. The minimum Gasteiger partial charge on any atom is -0.322 e. The Morgan fingerprint density at radius 3 is 2.43 bits per heavy atom. The lowest BCUT2D eigenvalue weighted by molar-refractivity contribution is -0.385. The van der Waals surface area contributed by atoms with E-state index in [0.29, 0.717) is 22.4 Å². The van der Waals surface area contributed by atoms with Crippen molar-refractivity contribution in [1.82, 2.24) is 0 Å². The largest absolute Gasteiger partial charge is 0.322 e. The molecule has 0 unspecified atom stereocenters. The van der Waals surface area contributed by atoms with Crippen molar-refractivity contribution in [3.63, 3.8) is 0 Å². The van der Waals surface area contributed by atoms with Crippen LogP contribution in [0.3, 0.4) is 0 Å². The van der Waals surface area contributed by atoms with E-state index in [1.165, 1.54) is 36.4 Å². The number of nitrogens with one attached hydrogen (secondary N) is 1. The lowest BCUT2D eigenvalue weighted by Gasteiger charge is -2.09. The van der Waals surface area contributed by atoms with Gasteiger partial charge >= 0.3 is 0 Å². The number of aryl methyl sites for hydroxylation is 2. The standard InChI is InChI=1S/C15H13FN2O3/c1-9-8-12(16)4-5-13(9)17-15(19)11-3-6-14(18(20)21)10(2)7-11/h3-8H,1-2H3,(H,17,19). The van der Waals surface area contributed by atoms with Gasteiger partial charge in [0.05, 0.1) is 4.92 Å². The summed E-state index contributed by atoms with van der Waals surface area (Å²) >= 11 is 0. The van der Waals surface area contributed by atoms with Crippen molar-refractivity contribution in [2.24, 2.45) is 0 Å². The number of anilines is 1. The monoisotopic (exact) mass is 288 g/mol. The third kappa shape index (κ3) is 3.22. The number of carbonyl (C=O) groups is 1. The zero-order valence-corrected chi connectivity index (χ0v) is 11.5. The number of nitro groups is 1. The van der Waals surface area contributed by atoms with Crippen molar-refractivity contribution in [2.45, 2.75) is 13.8 Å². The molecule has 0 bridgehead atoms. The summed E-state index contributed by atoms with van der Waals surface area (Å²) in [5, 5.41) is 13.4. The Balaban J connectivity index is 2.24. The number of hydrogen-bond acceptors (Lipinski definition) is 3. The molecule has 108 valence electrons. The maximum absolute atomic E-state index is 13.0. The zero-order valence-electron chi connectivity index (χ0n) is 11.5. The number of hydrogen-bond donors (Lipinski definition) is 1. The molecule has 2 aromatic carbocycles. The van der Waals surface area contributed by atoms with Gasteiger partial charge in [0.25, 0.3) is 11.6 Å². The SMILES string of the molecule is Cc1cc(F)ccc1NC(=O)c1ccc([N+](=O)[O-])c(C)c1. The van der Waals surface area contributed by atoms with Gasteiger partial charge in [0.1, 0.15) is 5.82 Å². The van der Waals surface area contributed by atoms with E-state index in [4.69, 9.17) is 0 Å². The summed E-state index contributed by atoms with van der Waals surface area (Å²) in [4.78, 5) is 22.4. The molecule has 2 aromatic rings. The maximum atomic E-state index is 13.0. The lowest BCUT2D eigenvalue weighted by atomic mass is 10.1. The number of nitrogens with zero attached hydrogens (tertiary/aromatic N) is 1. The highest BCUT2D eigenvalue weighted by atomic mass is 19.1. The first-order chi connectivity index (χ1) is 9.88. The Morgan fingerprint density at radius 1 is 1.14 bits per heavy atom. The van der Waals surface area contributed by atoms with E-state index in [1.54, 1.807) is 13.8 Å². The van der Waals surface area contributed by atoms with Crippen molar-refractivity contribution in [3.05, 3.63) is 69.0 Å². The van der Waals surface area contributed by atoms with Crippen molar-refractivity contribution in [3.8, 4) is 0 Å². The van der Waals surface area contributed by atoms with Crippen molar-refractivity contribution in [2.75, 3.05) is 5.32 Å². The average Bonchev–Trinajstić information content (AvgIpc) is 2.41. The summed E-state index contributed by atoms with van der Waals surface area (Å²) in [6, 6.07) is 8.18. The Kier molecular flexibility index (Phi) is 3.98. The predicted octanol–water partition coefficient (Wildman–Crippen LogP) is 3.60. The van der Waals surface area contributed by atoms with Crippen molar-refractivity contribution in [1.29, 1.82) is 0 Å². The van der Waals surface area contributed by atoms with Crippen LogP contribution in [0.25, 0.3) is 0 Å². The number of amides is 1. The van der Waals surface area contributed by atoms with Gasteiger partial charge in [-0.2, -0.15) is 0 Å². The van der Waals surface area contributed by atoms with Gasteiger partial charge in [-0.05, 0) is 49.7 Å². The van der Waals surface area contributed by atoms with Crippen LogP contribution in [0.5, 0.6) is 0 Å². The van der Waals surface area contributed by atoms with Gasteiger partial charge in [0.15, 0.2) is 0 Å². The van der Waals surface area contributed by atoms with Crippen LogP contribution in [0.15, 0.2) is 36.4 Å². The quantitative estimate of drug-likeness (QED) is 0.692. The molecule has 0 fully saturated rings. The molecular weight excluding hydrogens is 275 g/mol. The first kappa shape index (κ1) is 14.6. The van der Waals surface area contributed by atoms with Gasteiger partial charge in [-0.1, -0.05) is 0 Å². The fourth-order valence-electron chi connectivity index (χ4n) is 1.96. The topological polar surface area (TPSA) is 72.2 Å². The smallest absolute Gasteiger partial charge is 0.272 e. The second kappa shape index (κ2) is 5.70. The highest BCUT2D eigenvalue weighted by Gasteiger charge is 2.14. The number of halogens is 1. The molecule has 0 radical (unpaired) electrons. The zero-order chi connectivity index (χ0) is 15.6. The Labute approximate surface area is 120 Å². The van der Waals surface area contributed by atoms with Gasteiger partial charge in [-0.15, -0.1) is 0 Å². The molecule has 1 N–H and O–H groups in total. The van der Waals surface area contributed by atoms with Gasteiger partial charge in [-0.25, -0.2) is 4.39 Å². The molecule has 0 saturated carbocycles. The molecule has 0 aliphatic heterocycles. The minimum absolute atomic E-state index is 0.0375. The highest BCUT2D eigenvalue weighted by Crippen LogP contribution is 2.21. The molecule has 0 aromatic heterocycles. The third-order valence-electron chi connectivity index (χ3n) is 3.09. The van der Waals surface area contributed by atoms with Crippen LogP contribution in [-0.4, -0.2) is 10.8 Å². The maximum Gasteiger partial charge on any atom is 0.272 e. The summed E-state index contributed by atoms with van der Waals surface area (Å²) in [6.07, 6.45) is 0. The summed E-state index contributed by atoms with van der Waals surface area (Å²) in [5.41, 5.74) is 1.77. The van der Waals surface area contributed by atoms with Crippen LogP contribution in [0.4, 0.5) is 15.8 Å². The molecule has 2 rings (SSSR count). The summed E-state index contributed by atoms with van der Waals surface area (Å²) in [5.74, 6) is -0.778. The first-order valence-electron chi connectivity index (χ1n) is 6.21. The molecule has 5 nitrogen and oxygen atoms in total. The number of nitro benzene ring substituents is 1. The van der Waals surface area contributed by atoms with Crippen molar-refractivity contribution >= 4 is 17.3 Å². The van der Waals surface area contributed by atoms with E-state index < -0.39 is 10.8 Å². The molecule has 0 atom stereocenters. The van der Waals surface area contributed by atoms with Gasteiger partial charge in [0, 0.05) is 22.9 Å². The summed E-state index contributed by atoms with van der Waals surface area (Å²) in [6.45, 7) is 3.25. The predicted molar refractivity (Wildman–Crippen MR) is 76.9 cm³/mol. The number of rotatable bonds is 3. The molecule has 6 heteroatoms. The number of carbonyl (C=O) groups excluding carboxylic acids is 1. The normalized spacial score (nSPS) is 10.2. The second-order valence-corrected chi connectivity index (χ2v) is 4.67. The van der Waals surface area contributed by atoms with E-state index in [1.807, 2.05) is 0 Å². The summed E-state index contributed by atoms with van der Waals surface area (Å²) in [7, 11) is 0. The second-order valence-electron chi connectivity index (χ2n) is 4.67. The van der Waals surface area contributed by atoms with E-state index in [-0.39, 0.29) is 11.5 Å². The minimum atomic E-state index is -0.499. The fraction of sp³-hybridized carbons (Fsp3) is 0.133. The highest BCUT2D eigenvalue weighted by molar-refractivity contribution is 6.04. The Morgan fingerprint density at radius 2 is 1.86 bits per heavy atom. The molecule has 0 aliphatic carbocycles. The van der Waals surface area contributed by atoms with E-state index >= 15 is 0 Å². The third-order valence-corrected chi connectivity index (χ3v) is 3.09. The molecule has 21 heavy (non-hydrogen) atoms. The fourth-order valence-corrected chi connectivity index (χ4v) is 1.96. The van der Waals surface area contributed by atoms with Crippen LogP contribution in [0.1, 0.15) is 21.5 Å². The van der Waals surface area contributed by atoms with Crippen LogP contribution in [-0.2, 0) is 0 Å². The lowest BCUT2D eigenvalue weighted by Crippen LogP contribution is -2.13. The van der Waals surface area contributed by atoms with Crippen molar-refractivity contribution < 1.29 is 14.1 Å². The van der Waals surface area contributed by atoms with Crippen LogP contribution in [0, 0.1) is 29.8 Å². The summed E-state index contributed by atoms with van der Waals surface area (Å²) < 4.78 is 13.0. The van der Waals surface area contributed by atoms with E-state index in [2.05, 4.69) is 5.32 Å². The molecule has 0 heterocycles. The molecular formula is C15H13FN2O3.